The molecule has 0 aliphatic rings. The van der Waals surface area contributed by atoms with E-state index in [4.69, 9.17) is 14.2 Å². The third-order valence-electron chi connectivity index (χ3n) is 2.95. The molecule has 1 rings (SSSR count). The van der Waals surface area contributed by atoms with Crippen molar-refractivity contribution in [1.29, 1.82) is 0 Å². The van der Waals surface area contributed by atoms with Crippen LogP contribution in [0.4, 0.5) is 4.79 Å². The van der Waals surface area contributed by atoms with Gasteiger partial charge in [0, 0.05) is 18.7 Å². The first-order valence-corrected chi connectivity index (χ1v) is 7.74. The van der Waals surface area contributed by atoms with Crippen molar-refractivity contribution in [2.75, 3.05) is 27.3 Å². The summed E-state index contributed by atoms with van der Waals surface area (Å²) >= 11 is 0. The molecule has 1 aromatic carbocycles. The van der Waals surface area contributed by atoms with Gasteiger partial charge in [-0.3, -0.25) is 4.79 Å². The molecule has 0 saturated carbocycles. The van der Waals surface area contributed by atoms with E-state index in [1.165, 1.54) is 14.2 Å². The lowest BCUT2D eigenvalue weighted by atomic mass is 10.2. The summed E-state index contributed by atoms with van der Waals surface area (Å²) in [6.07, 6.45) is 0.131. The summed E-state index contributed by atoms with van der Waals surface area (Å²) in [5.74, 6) is 0.848. The number of nitrogens with one attached hydrogen (secondary N) is 2. The van der Waals surface area contributed by atoms with Crippen molar-refractivity contribution >= 4 is 12.0 Å². The average Bonchev–Trinajstić information content (AvgIpc) is 2.51. The molecule has 0 aliphatic heterocycles. The average molecular weight is 338 g/mol. The van der Waals surface area contributed by atoms with E-state index < -0.39 is 11.7 Å². The van der Waals surface area contributed by atoms with E-state index in [-0.39, 0.29) is 5.91 Å². The van der Waals surface area contributed by atoms with Gasteiger partial charge in [0.25, 0.3) is 5.91 Å². The Hall–Kier alpha value is -2.44. The number of ether oxygens (including phenoxy) is 3. The second-order valence-electron chi connectivity index (χ2n) is 6.11. The molecule has 2 N–H and O–H groups in total. The van der Waals surface area contributed by atoms with Crippen molar-refractivity contribution < 1.29 is 23.8 Å². The highest BCUT2D eigenvalue weighted by molar-refractivity contribution is 5.94. The minimum Gasteiger partial charge on any atom is -0.493 e. The van der Waals surface area contributed by atoms with Gasteiger partial charge in [-0.05, 0) is 45.4 Å². The number of alkyl carbamates (subject to hydrolysis) is 1. The highest BCUT2D eigenvalue weighted by Crippen LogP contribution is 2.27. The zero-order valence-electron chi connectivity index (χ0n) is 14.9. The number of benzene rings is 1. The Morgan fingerprint density at radius 1 is 1.00 bits per heavy atom. The Kier molecular flexibility index (Phi) is 7.35. The van der Waals surface area contributed by atoms with Gasteiger partial charge in [-0.2, -0.15) is 0 Å². The van der Waals surface area contributed by atoms with Crippen molar-refractivity contribution in [3.8, 4) is 11.5 Å². The van der Waals surface area contributed by atoms with E-state index in [2.05, 4.69) is 10.6 Å². The van der Waals surface area contributed by atoms with Crippen LogP contribution in [0, 0.1) is 0 Å². The van der Waals surface area contributed by atoms with Crippen molar-refractivity contribution in [2.24, 2.45) is 0 Å². The van der Waals surface area contributed by atoms with Crippen LogP contribution in [0.25, 0.3) is 0 Å². The highest BCUT2D eigenvalue weighted by atomic mass is 16.6. The number of hydrogen-bond donors (Lipinski definition) is 2. The molecule has 7 nitrogen and oxygen atoms in total. The van der Waals surface area contributed by atoms with Crippen LogP contribution in [-0.4, -0.2) is 44.9 Å². The van der Waals surface area contributed by atoms with Gasteiger partial charge in [0.2, 0.25) is 0 Å². The number of hydrogen-bond acceptors (Lipinski definition) is 5. The standard InChI is InChI=1S/C17H26N2O5/c1-17(2,3)24-16(21)19-10-6-9-18-15(20)12-7-8-13(22-4)14(11-12)23-5/h7-8,11H,6,9-10H2,1-5H3,(H,18,20)(H,19,21). The largest absolute Gasteiger partial charge is 0.493 e. The molecule has 0 saturated heterocycles. The Morgan fingerprint density at radius 2 is 1.62 bits per heavy atom. The Balaban J connectivity index is 2.35. The number of methoxy groups -OCH3 is 2. The lowest BCUT2D eigenvalue weighted by Crippen LogP contribution is -2.34. The Morgan fingerprint density at radius 3 is 2.21 bits per heavy atom. The second kappa shape index (κ2) is 9.00. The van der Waals surface area contributed by atoms with E-state index >= 15 is 0 Å². The van der Waals surface area contributed by atoms with Crippen molar-refractivity contribution in [1.82, 2.24) is 10.6 Å². The van der Waals surface area contributed by atoms with Crippen LogP contribution in [0.2, 0.25) is 0 Å². The summed E-state index contributed by atoms with van der Waals surface area (Å²) in [4.78, 5) is 23.5. The van der Waals surface area contributed by atoms with E-state index in [1.807, 2.05) is 0 Å². The summed E-state index contributed by atoms with van der Waals surface area (Å²) in [7, 11) is 3.05. The molecule has 0 fully saturated rings. The van der Waals surface area contributed by atoms with Crippen molar-refractivity contribution in [3.05, 3.63) is 23.8 Å². The van der Waals surface area contributed by atoms with Gasteiger partial charge in [0.05, 0.1) is 14.2 Å². The molecule has 24 heavy (non-hydrogen) atoms. The molecule has 0 atom stereocenters. The first-order valence-electron chi connectivity index (χ1n) is 7.74. The van der Waals surface area contributed by atoms with Crippen LogP contribution in [0.15, 0.2) is 18.2 Å². The van der Waals surface area contributed by atoms with Crippen LogP contribution in [0.5, 0.6) is 11.5 Å². The Bertz CT molecular complexity index is 567. The van der Waals surface area contributed by atoms with Gasteiger partial charge in [-0.15, -0.1) is 0 Å². The van der Waals surface area contributed by atoms with Crippen LogP contribution >= 0.6 is 0 Å². The monoisotopic (exact) mass is 338 g/mol. The number of amides is 2. The zero-order valence-corrected chi connectivity index (χ0v) is 14.9. The van der Waals surface area contributed by atoms with E-state index in [9.17, 15) is 9.59 Å². The van der Waals surface area contributed by atoms with E-state index in [0.717, 1.165) is 0 Å². The maximum Gasteiger partial charge on any atom is 0.407 e. The van der Waals surface area contributed by atoms with Crippen LogP contribution in [0.3, 0.4) is 0 Å². The van der Waals surface area contributed by atoms with Gasteiger partial charge in [-0.1, -0.05) is 0 Å². The maximum atomic E-state index is 12.1. The molecular formula is C17H26N2O5. The number of rotatable bonds is 7. The molecule has 0 aromatic heterocycles. The van der Waals surface area contributed by atoms with Crippen molar-refractivity contribution in [2.45, 2.75) is 32.8 Å². The molecule has 1 aromatic rings. The number of carbonyl (C=O) groups excluding carboxylic acids is 2. The topological polar surface area (TPSA) is 85.9 Å². The maximum absolute atomic E-state index is 12.1. The van der Waals surface area contributed by atoms with Gasteiger partial charge < -0.3 is 24.8 Å². The molecule has 0 heterocycles. The molecular weight excluding hydrogens is 312 g/mol. The molecule has 0 bridgehead atoms. The molecule has 0 radical (unpaired) electrons. The fraction of sp³-hybridized carbons (Fsp3) is 0.529. The molecule has 2 amide bonds. The first-order chi connectivity index (χ1) is 11.3. The predicted molar refractivity (Wildman–Crippen MR) is 90.7 cm³/mol. The van der Waals surface area contributed by atoms with Crippen LogP contribution in [0.1, 0.15) is 37.6 Å². The third-order valence-corrected chi connectivity index (χ3v) is 2.95. The highest BCUT2D eigenvalue weighted by Gasteiger charge is 2.15. The molecule has 0 unspecified atom stereocenters. The van der Waals surface area contributed by atoms with Crippen LogP contribution in [-0.2, 0) is 4.74 Å². The minimum atomic E-state index is -0.522. The third kappa shape index (κ3) is 6.76. The molecule has 0 spiro atoms. The summed E-state index contributed by atoms with van der Waals surface area (Å²) in [6, 6.07) is 4.96. The second-order valence-corrected chi connectivity index (χ2v) is 6.11. The van der Waals surface area contributed by atoms with E-state index in [1.54, 1.807) is 39.0 Å². The van der Waals surface area contributed by atoms with Crippen molar-refractivity contribution in [3.63, 3.8) is 0 Å². The molecule has 7 heteroatoms. The predicted octanol–water partition coefficient (Wildman–Crippen LogP) is 2.35. The lowest BCUT2D eigenvalue weighted by Gasteiger charge is -2.19. The lowest BCUT2D eigenvalue weighted by molar-refractivity contribution is 0.0527. The smallest absolute Gasteiger partial charge is 0.407 e. The Labute approximate surface area is 142 Å². The summed E-state index contributed by atoms with van der Waals surface area (Å²) in [5.41, 5.74) is -0.0427. The quantitative estimate of drug-likeness (QED) is 0.745. The summed E-state index contributed by atoms with van der Waals surface area (Å²) in [5, 5.41) is 5.42. The number of carbonyl (C=O) groups is 2. The van der Waals surface area contributed by atoms with E-state index in [0.29, 0.717) is 36.6 Å². The zero-order chi connectivity index (χ0) is 18.2. The van der Waals surface area contributed by atoms with Gasteiger partial charge in [-0.25, -0.2) is 4.79 Å². The molecule has 0 aliphatic carbocycles. The van der Waals surface area contributed by atoms with Gasteiger partial charge >= 0.3 is 6.09 Å². The fourth-order valence-electron chi connectivity index (χ4n) is 1.87. The van der Waals surface area contributed by atoms with Crippen LogP contribution < -0.4 is 20.1 Å². The minimum absolute atomic E-state index is 0.215. The molecule has 134 valence electrons. The summed E-state index contributed by atoms with van der Waals surface area (Å²) < 4.78 is 15.4. The fourth-order valence-corrected chi connectivity index (χ4v) is 1.87. The summed E-state index contributed by atoms with van der Waals surface area (Å²) in [6.45, 7) is 6.26. The SMILES string of the molecule is COc1ccc(C(=O)NCCCNC(=O)OC(C)(C)C)cc1OC. The van der Waals surface area contributed by atoms with Gasteiger partial charge in [0.1, 0.15) is 5.60 Å². The normalized spacial score (nSPS) is 10.7. The first kappa shape index (κ1) is 19.6. The van der Waals surface area contributed by atoms with Gasteiger partial charge in [0.15, 0.2) is 11.5 Å².